The van der Waals surface area contributed by atoms with Gasteiger partial charge in [0.2, 0.25) is 5.91 Å². The predicted molar refractivity (Wildman–Crippen MR) is 101 cm³/mol. The summed E-state index contributed by atoms with van der Waals surface area (Å²) >= 11 is 0. The second-order valence-corrected chi connectivity index (χ2v) is 6.72. The highest BCUT2D eigenvalue weighted by Gasteiger charge is 2.31. The van der Waals surface area contributed by atoms with Crippen LogP contribution in [0.4, 0.5) is 0 Å². The van der Waals surface area contributed by atoms with Crippen molar-refractivity contribution in [2.45, 2.75) is 18.9 Å². The number of nitrogens with zero attached hydrogens (tertiary/aromatic N) is 2. The number of amides is 1. The third-order valence-electron chi connectivity index (χ3n) is 5.02. The van der Waals surface area contributed by atoms with Gasteiger partial charge in [0.05, 0.1) is 12.5 Å². The molecule has 0 atom stereocenters. The standard InChI is InChI=1S/C22H22N2O3/c1-26-15-20(25)24-13-12-19-18(14-24)22(23-27-19)21(16-8-4-2-5-9-16)17-10-6-3-7-11-17/h2-11,21H,12-15H2,1H3. The Morgan fingerprint density at radius 1 is 1.11 bits per heavy atom. The summed E-state index contributed by atoms with van der Waals surface area (Å²) in [5.41, 5.74) is 4.21. The third-order valence-corrected chi connectivity index (χ3v) is 5.02. The third kappa shape index (κ3) is 3.51. The lowest BCUT2D eigenvalue weighted by Crippen LogP contribution is -2.38. The molecule has 2 heterocycles. The Labute approximate surface area is 158 Å². The Kier molecular flexibility index (Phi) is 5.03. The SMILES string of the molecule is COCC(=O)N1CCc2onc(C(c3ccccc3)c3ccccc3)c2C1. The molecule has 0 aliphatic carbocycles. The summed E-state index contributed by atoms with van der Waals surface area (Å²) in [7, 11) is 1.54. The van der Waals surface area contributed by atoms with Gasteiger partial charge in [0.1, 0.15) is 18.1 Å². The second-order valence-electron chi connectivity index (χ2n) is 6.72. The molecule has 0 radical (unpaired) electrons. The highest BCUT2D eigenvalue weighted by atomic mass is 16.5. The average molecular weight is 362 g/mol. The minimum absolute atomic E-state index is 0.00808. The van der Waals surface area contributed by atoms with Crippen LogP contribution in [0.1, 0.15) is 34.1 Å². The normalized spacial score (nSPS) is 13.6. The van der Waals surface area contributed by atoms with E-state index in [1.54, 1.807) is 7.11 Å². The molecule has 0 N–H and O–H groups in total. The lowest BCUT2D eigenvalue weighted by atomic mass is 9.85. The van der Waals surface area contributed by atoms with Crippen LogP contribution < -0.4 is 0 Å². The molecule has 0 bridgehead atoms. The van der Waals surface area contributed by atoms with Crippen LogP contribution in [0.2, 0.25) is 0 Å². The van der Waals surface area contributed by atoms with E-state index in [1.165, 1.54) is 0 Å². The van der Waals surface area contributed by atoms with Crippen molar-refractivity contribution < 1.29 is 14.1 Å². The molecular formula is C22H22N2O3. The number of fused-ring (bicyclic) bond motifs is 1. The van der Waals surface area contributed by atoms with Crippen LogP contribution in [-0.2, 0) is 22.5 Å². The van der Waals surface area contributed by atoms with Gasteiger partial charge in [-0.2, -0.15) is 0 Å². The zero-order valence-electron chi connectivity index (χ0n) is 15.3. The molecule has 1 amide bonds. The fraction of sp³-hybridized carbons (Fsp3) is 0.273. The van der Waals surface area contributed by atoms with Crippen molar-refractivity contribution in [1.29, 1.82) is 0 Å². The summed E-state index contributed by atoms with van der Waals surface area (Å²) in [5.74, 6) is 0.840. The number of methoxy groups -OCH3 is 1. The molecule has 0 spiro atoms. The molecule has 4 rings (SSSR count). The van der Waals surface area contributed by atoms with Crippen LogP contribution in [0, 0.1) is 0 Å². The van der Waals surface area contributed by atoms with Gasteiger partial charge in [0, 0.05) is 25.6 Å². The molecule has 0 unspecified atom stereocenters. The Morgan fingerprint density at radius 3 is 2.33 bits per heavy atom. The Hall–Kier alpha value is -2.92. The topological polar surface area (TPSA) is 55.6 Å². The summed E-state index contributed by atoms with van der Waals surface area (Å²) < 4.78 is 10.7. The van der Waals surface area contributed by atoms with E-state index < -0.39 is 0 Å². The van der Waals surface area contributed by atoms with E-state index in [1.807, 2.05) is 41.3 Å². The van der Waals surface area contributed by atoms with Crippen LogP contribution in [0.5, 0.6) is 0 Å². The van der Waals surface area contributed by atoms with Gasteiger partial charge in [-0.25, -0.2) is 0 Å². The lowest BCUT2D eigenvalue weighted by molar-refractivity contribution is -0.136. The molecule has 0 saturated carbocycles. The summed E-state index contributed by atoms with van der Waals surface area (Å²) in [4.78, 5) is 14.1. The van der Waals surface area contributed by atoms with Gasteiger partial charge in [-0.1, -0.05) is 65.8 Å². The summed E-state index contributed by atoms with van der Waals surface area (Å²) in [5, 5.41) is 4.45. The first-order chi connectivity index (χ1) is 13.3. The first-order valence-electron chi connectivity index (χ1n) is 9.12. The molecule has 138 valence electrons. The van der Waals surface area contributed by atoms with Gasteiger partial charge >= 0.3 is 0 Å². The van der Waals surface area contributed by atoms with Crippen molar-refractivity contribution in [2.75, 3.05) is 20.3 Å². The van der Waals surface area contributed by atoms with Gasteiger partial charge in [-0.05, 0) is 11.1 Å². The number of aromatic nitrogens is 1. The molecule has 1 aromatic heterocycles. The van der Waals surface area contributed by atoms with Crippen LogP contribution in [0.25, 0.3) is 0 Å². The predicted octanol–water partition coefficient (Wildman–Crippen LogP) is 3.39. The minimum atomic E-state index is -0.0302. The molecule has 2 aromatic carbocycles. The van der Waals surface area contributed by atoms with E-state index in [2.05, 4.69) is 29.4 Å². The van der Waals surface area contributed by atoms with Crippen LogP contribution in [-0.4, -0.2) is 36.2 Å². The van der Waals surface area contributed by atoms with Crippen molar-refractivity contribution in [1.82, 2.24) is 10.1 Å². The smallest absolute Gasteiger partial charge is 0.248 e. The quantitative estimate of drug-likeness (QED) is 0.698. The highest BCUT2D eigenvalue weighted by molar-refractivity contribution is 5.77. The Bertz CT molecular complexity index is 866. The number of hydrogen-bond acceptors (Lipinski definition) is 4. The Morgan fingerprint density at radius 2 is 1.74 bits per heavy atom. The molecule has 5 nitrogen and oxygen atoms in total. The van der Waals surface area contributed by atoms with Crippen LogP contribution in [0.15, 0.2) is 65.2 Å². The zero-order valence-corrected chi connectivity index (χ0v) is 15.3. The maximum atomic E-state index is 12.3. The monoisotopic (exact) mass is 362 g/mol. The molecular weight excluding hydrogens is 340 g/mol. The number of rotatable bonds is 5. The number of hydrogen-bond donors (Lipinski definition) is 0. The van der Waals surface area contributed by atoms with Crippen molar-refractivity contribution >= 4 is 5.91 Å². The molecule has 1 aliphatic rings. The van der Waals surface area contributed by atoms with Crippen LogP contribution >= 0.6 is 0 Å². The van der Waals surface area contributed by atoms with Gasteiger partial charge in [-0.15, -0.1) is 0 Å². The zero-order chi connectivity index (χ0) is 18.6. The minimum Gasteiger partial charge on any atom is -0.375 e. The van der Waals surface area contributed by atoms with E-state index in [-0.39, 0.29) is 18.4 Å². The van der Waals surface area contributed by atoms with Gasteiger partial charge < -0.3 is 14.2 Å². The summed E-state index contributed by atoms with van der Waals surface area (Å²) in [6, 6.07) is 20.6. The molecule has 3 aromatic rings. The molecule has 5 heteroatoms. The molecule has 1 aliphatic heterocycles. The molecule has 0 fully saturated rings. The van der Waals surface area contributed by atoms with Crippen molar-refractivity contribution in [3.05, 3.63) is 88.8 Å². The largest absolute Gasteiger partial charge is 0.375 e. The summed E-state index contributed by atoms with van der Waals surface area (Å²) in [6.07, 6.45) is 0.675. The number of carbonyl (C=O) groups is 1. The van der Waals surface area contributed by atoms with Crippen molar-refractivity contribution in [3.8, 4) is 0 Å². The fourth-order valence-electron chi connectivity index (χ4n) is 3.68. The highest BCUT2D eigenvalue weighted by Crippen LogP contribution is 2.36. The number of ether oxygens (including phenoxy) is 1. The average Bonchev–Trinajstić information content (AvgIpc) is 3.13. The number of carbonyl (C=O) groups excluding carboxylic acids is 1. The van der Waals surface area contributed by atoms with Gasteiger partial charge in [0.15, 0.2) is 0 Å². The lowest BCUT2D eigenvalue weighted by Gasteiger charge is -2.27. The van der Waals surface area contributed by atoms with E-state index in [0.29, 0.717) is 19.5 Å². The van der Waals surface area contributed by atoms with E-state index >= 15 is 0 Å². The first kappa shape index (κ1) is 17.5. The maximum absolute atomic E-state index is 12.3. The first-order valence-corrected chi connectivity index (χ1v) is 9.12. The maximum Gasteiger partial charge on any atom is 0.248 e. The number of benzene rings is 2. The van der Waals surface area contributed by atoms with Crippen molar-refractivity contribution in [2.24, 2.45) is 0 Å². The molecule has 27 heavy (non-hydrogen) atoms. The van der Waals surface area contributed by atoms with Gasteiger partial charge in [0.25, 0.3) is 0 Å². The fourth-order valence-corrected chi connectivity index (χ4v) is 3.68. The molecule has 0 saturated heterocycles. The van der Waals surface area contributed by atoms with Crippen LogP contribution in [0.3, 0.4) is 0 Å². The van der Waals surface area contributed by atoms with E-state index in [4.69, 9.17) is 9.26 Å². The van der Waals surface area contributed by atoms with E-state index in [0.717, 1.165) is 28.1 Å². The van der Waals surface area contributed by atoms with Gasteiger partial charge in [-0.3, -0.25) is 4.79 Å². The van der Waals surface area contributed by atoms with Crippen molar-refractivity contribution in [3.63, 3.8) is 0 Å². The van der Waals surface area contributed by atoms with E-state index in [9.17, 15) is 4.79 Å². The Balaban J connectivity index is 1.75. The summed E-state index contributed by atoms with van der Waals surface area (Å²) in [6.45, 7) is 1.23. The second kappa shape index (κ2) is 7.76.